The molecule has 4 nitrogen and oxygen atoms in total. The van der Waals surface area contributed by atoms with E-state index < -0.39 is 0 Å². The number of nitrogens with zero attached hydrogens (tertiary/aromatic N) is 2. The first-order valence-electron chi connectivity index (χ1n) is 10.1. The quantitative estimate of drug-likeness (QED) is 0.719. The van der Waals surface area contributed by atoms with Gasteiger partial charge in [-0.15, -0.1) is 0 Å². The topological polar surface area (TPSA) is 40.6 Å². The lowest BCUT2D eigenvalue weighted by atomic mass is 9.93. The lowest BCUT2D eigenvalue weighted by molar-refractivity contribution is -0.123. The molecule has 2 aromatic carbocycles. The highest BCUT2D eigenvalue weighted by Gasteiger charge is 2.34. The molecule has 2 aliphatic heterocycles. The van der Waals surface area contributed by atoms with Crippen LogP contribution in [0.1, 0.15) is 40.7 Å². The van der Waals surface area contributed by atoms with Crippen molar-refractivity contribution in [3.63, 3.8) is 0 Å². The van der Waals surface area contributed by atoms with E-state index in [1.807, 2.05) is 13.0 Å². The van der Waals surface area contributed by atoms with Gasteiger partial charge in [-0.2, -0.15) is 0 Å². The smallest absolute Gasteiger partial charge is 0.253 e. The summed E-state index contributed by atoms with van der Waals surface area (Å²) in [7, 11) is 0. The van der Waals surface area contributed by atoms with E-state index in [2.05, 4.69) is 0 Å². The predicted octanol–water partition coefficient (Wildman–Crippen LogP) is 4.62. The van der Waals surface area contributed by atoms with Crippen LogP contribution in [-0.2, 0) is 11.2 Å². The molecule has 152 valence electrons. The highest BCUT2D eigenvalue weighted by Crippen LogP contribution is 2.33. The second kappa shape index (κ2) is 8.15. The third kappa shape index (κ3) is 4.01. The van der Waals surface area contributed by atoms with Gasteiger partial charge >= 0.3 is 0 Å². The highest BCUT2D eigenvalue weighted by atomic mass is 35.5. The van der Waals surface area contributed by atoms with Gasteiger partial charge in [-0.05, 0) is 74.1 Å². The summed E-state index contributed by atoms with van der Waals surface area (Å²) in [6, 6.07) is 10.2. The number of carbonyl (C=O) groups excluding carboxylic acids is 2. The molecule has 0 saturated carbocycles. The minimum absolute atomic E-state index is 0.0812. The highest BCUT2D eigenvalue weighted by molar-refractivity contribution is 6.30. The van der Waals surface area contributed by atoms with Crippen LogP contribution in [-0.4, -0.2) is 36.3 Å². The summed E-state index contributed by atoms with van der Waals surface area (Å²) in [5.74, 6) is -0.827. The van der Waals surface area contributed by atoms with Gasteiger partial charge in [0.25, 0.3) is 5.91 Å². The summed E-state index contributed by atoms with van der Waals surface area (Å²) < 4.78 is 14.7. The Hall–Kier alpha value is -2.40. The Morgan fingerprint density at radius 1 is 1.10 bits per heavy atom. The van der Waals surface area contributed by atoms with Crippen molar-refractivity contribution >= 4 is 29.1 Å². The standard InChI is InChI=1S/C23H24ClFN2O2/c1-15-12-17-4-3-11-27(21(17)20(25)13-15)23(29)18-5-2-10-26(14-18)22(28)16-6-8-19(24)9-7-16/h6-9,12-13,18H,2-5,10-11,14H2,1H3. The second-order valence-electron chi connectivity index (χ2n) is 7.95. The van der Waals surface area contributed by atoms with Crippen molar-refractivity contribution in [2.75, 3.05) is 24.5 Å². The molecule has 6 heteroatoms. The number of carbonyl (C=O) groups is 2. The van der Waals surface area contributed by atoms with E-state index in [1.165, 1.54) is 6.07 Å². The minimum atomic E-state index is -0.335. The lowest BCUT2D eigenvalue weighted by Crippen LogP contribution is -2.48. The fraction of sp³-hybridized carbons (Fsp3) is 0.391. The Labute approximate surface area is 175 Å². The van der Waals surface area contributed by atoms with Crippen molar-refractivity contribution in [3.8, 4) is 0 Å². The molecule has 1 saturated heterocycles. The average Bonchev–Trinajstić information content (AvgIpc) is 2.72. The molecule has 0 aliphatic carbocycles. The largest absolute Gasteiger partial charge is 0.338 e. The van der Waals surface area contributed by atoms with Crippen LogP contribution in [0.5, 0.6) is 0 Å². The van der Waals surface area contributed by atoms with Gasteiger partial charge in [0.05, 0.1) is 11.6 Å². The molecule has 0 spiro atoms. The van der Waals surface area contributed by atoms with Gasteiger partial charge in [-0.3, -0.25) is 9.59 Å². The first kappa shape index (κ1) is 19.9. The summed E-state index contributed by atoms with van der Waals surface area (Å²) in [5.41, 5.74) is 2.75. The lowest BCUT2D eigenvalue weighted by Gasteiger charge is -2.37. The monoisotopic (exact) mass is 414 g/mol. The zero-order chi connectivity index (χ0) is 20.5. The van der Waals surface area contributed by atoms with E-state index in [0.29, 0.717) is 42.3 Å². The van der Waals surface area contributed by atoms with Crippen LogP contribution in [0.15, 0.2) is 36.4 Å². The number of halogens is 2. The molecule has 2 aliphatic rings. The molecule has 2 aromatic rings. The van der Waals surface area contributed by atoms with E-state index in [0.717, 1.165) is 30.4 Å². The molecule has 29 heavy (non-hydrogen) atoms. The molecular formula is C23H24ClFN2O2. The van der Waals surface area contributed by atoms with Crippen LogP contribution in [0.3, 0.4) is 0 Å². The number of likely N-dealkylation sites (tertiary alicyclic amines) is 1. The summed E-state index contributed by atoms with van der Waals surface area (Å²) in [6.45, 7) is 3.37. The van der Waals surface area contributed by atoms with E-state index in [1.54, 1.807) is 34.1 Å². The van der Waals surface area contributed by atoms with Gasteiger partial charge < -0.3 is 9.80 Å². The van der Waals surface area contributed by atoms with Gasteiger partial charge in [0.2, 0.25) is 5.91 Å². The summed E-state index contributed by atoms with van der Waals surface area (Å²) in [5, 5.41) is 0.578. The number of hydrogen-bond acceptors (Lipinski definition) is 2. The zero-order valence-electron chi connectivity index (χ0n) is 16.5. The van der Waals surface area contributed by atoms with E-state index in [-0.39, 0.29) is 23.5 Å². The normalized spacial score (nSPS) is 19.1. The molecule has 0 aromatic heterocycles. The van der Waals surface area contributed by atoms with Crippen molar-refractivity contribution in [1.29, 1.82) is 0 Å². The number of anilines is 1. The van der Waals surface area contributed by atoms with Gasteiger partial charge in [-0.1, -0.05) is 17.7 Å². The number of rotatable bonds is 2. The third-order valence-electron chi connectivity index (χ3n) is 5.80. The SMILES string of the molecule is Cc1cc(F)c2c(c1)CCCN2C(=O)C1CCCN(C(=O)c2ccc(Cl)cc2)C1. The molecule has 0 radical (unpaired) electrons. The maximum atomic E-state index is 14.7. The third-order valence-corrected chi connectivity index (χ3v) is 6.05. The van der Waals surface area contributed by atoms with Crippen molar-refractivity contribution in [2.45, 2.75) is 32.6 Å². The van der Waals surface area contributed by atoms with Crippen molar-refractivity contribution in [1.82, 2.24) is 4.90 Å². The van der Waals surface area contributed by atoms with E-state index in [9.17, 15) is 14.0 Å². The van der Waals surface area contributed by atoms with Gasteiger partial charge in [0.15, 0.2) is 0 Å². The number of hydrogen-bond donors (Lipinski definition) is 0. The molecule has 4 rings (SSSR count). The Morgan fingerprint density at radius 2 is 1.86 bits per heavy atom. The van der Waals surface area contributed by atoms with Crippen molar-refractivity contribution < 1.29 is 14.0 Å². The number of aryl methyl sites for hydroxylation is 2. The van der Waals surface area contributed by atoms with E-state index >= 15 is 0 Å². The van der Waals surface area contributed by atoms with E-state index in [4.69, 9.17) is 11.6 Å². The summed E-state index contributed by atoms with van der Waals surface area (Å²) in [6.07, 6.45) is 3.07. The van der Waals surface area contributed by atoms with Crippen molar-refractivity contribution in [2.24, 2.45) is 5.92 Å². The number of piperidine rings is 1. The van der Waals surface area contributed by atoms with Crippen LogP contribution in [0.2, 0.25) is 5.02 Å². The summed E-state index contributed by atoms with van der Waals surface area (Å²) >= 11 is 5.91. The Kier molecular flexibility index (Phi) is 5.59. The molecule has 0 N–H and O–H groups in total. The fourth-order valence-electron chi connectivity index (χ4n) is 4.42. The molecule has 0 bridgehead atoms. The molecule has 1 fully saturated rings. The second-order valence-corrected chi connectivity index (χ2v) is 8.38. The Morgan fingerprint density at radius 3 is 2.62 bits per heavy atom. The molecule has 1 atom stereocenters. The maximum absolute atomic E-state index is 14.7. The van der Waals surface area contributed by atoms with Crippen molar-refractivity contribution in [3.05, 3.63) is 63.9 Å². The zero-order valence-corrected chi connectivity index (χ0v) is 17.2. The van der Waals surface area contributed by atoms with Crippen LogP contribution in [0, 0.1) is 18.7 Å². The van der Waals surface area contributed by atoms with Crippen LogP contribution in [0.4, 0.5) is 10.1 Å². The molecule has 2 heterocycles. The maximum Gasteiger partial charge on any atom is 0.253 e. The molecule has 1 unspecified atom stereocenters. The number of benzene rings is 2. The first-order chi connectivity index (χ1) is 13.9. The van der Waals surface area contributed by atoms with Gasteiger partial charge in [0, 0.05) is 30.2 Å². The molecule has 2 amide bonds. The fourth-order valence-corrected chi connectivity index (χ4v) is 4.54. The average molecular weight is 415 g/mol. The first-order valence-corrected chi connectivity index (χ1v) is 10.5. The van der Waals surface area contributed by atoms with Gasteiger partial charge in [0.1, 0.15) is 5.82 Å². The van der Waals surface area contributed by atoms with Crippen LogP contribution < -0.4 is 4.90 Å². The van der Waals surface area contributed by atoms with Crippen LogP contribution >= 0.6 is 11.6 Å². The Balaban J connectivity index is 1.53. The Bertz CT molecular complexity index is 945. The number of amides is 2. The van der Waals surface area contributed by atoms with Gasteiger partial charge in [-0.25, -0.2) is 4.39 Å². The summed E-state index contributed by atoms with van der Waals surface area (Å²) in [4.78, 5) is 29.5. The molecular weight excluding hydrogens is 391 g/mol. The minimum Gasteiger partial charge on any atom is -0.338 e. The van der Waals surface area contributed by atoms with Crippen LogP contribution in [0.25, 0.3) is 0 Å². The number of fused-ring (bicyclic) bond motifs is 1. The predicted molar refractivity (Wildman–Crippen MR) is 112 cm³/mol.